The van der Waals surface area contributed by atoms with Crippen LogP contribution in [-0.2, 0) is 17.8 Å². The molecule has 25 heavy (non-hydrogen) atoms. The zero-order valence-electron chi connectivity index (χ0n) is 14.2. The number of carbonyl (C=O) groups is 1. The number of nitrogens with zero attached hydrogens (tertiary/aromatic N) is 1. The Balaban J connectivity index is 1.70. The van der Waals surface area contributed by atoms with E-state index in [0.29, 0.717) is 18.0 Å². The smallest absolute Gasteiger partial charge is 0.225 e. The number of amides is 1. The minimum absolute atomic E-state index is 0.0167. The molecule has 5 heteroatoms. The number of thiazole rings is 1. The normalized spacial score (nSPS) is 10.7. The lowest BCUT2D eigenvalue weighted by atomic mass is 10.1. The number of aromatic nitrogens is 1. The van der Waals surface area contributed by atoms with Crippen molar-refractivity contribution in [1.29, 1.82) is 0 Å². The third-order valence-electron chi connectivity index (χ3n) is 3.83. The molecule has 1 heterocycles. The van der Waals surface area contributed by atoms with E-state index in [9.17, 15) is 4.79 Å². The van der Waals surface area contributed by atoms with Gasteiger partial charge in [-0.1, -0.05) is 53.6 Å². The van der Waals surface area contributed by atoms with Crippen molar-refractivity contribution in [2.75, 3.05) is 0 Å². The van der Waals surface area contributed by atoms with E-state index >= 15 is 0 Å². The van der Waals surface area contributed by atoms with Crippen LogP contribution in [0.15, 0.2) is 48.5 Å². The predicted molar refractivity (Wildman–Crippen MR) is 104 cm³/mol. The molecule has 0 spiro atoms. The Morgan fingerprint density at radius 3 is 2.64 bits per heavy atom. The molecule has 0 bridgehead atoms. The van der Waals surface area contributed by atoms with E-state index in [1.165, 1.54) is 5.56 Å². The van der Waals surface area contributed by atoms with Crippen molar-refractivity contribution in [2.45, 2.75) is 26.8 Å². The van der Waals surface area contributed by atoms with Crippen LogP contribution in [0.1, 0.15) is 21.0 Å². The highest BCUT2D eigenvalue weighted by Gasteiger charge is 2.14. The van der Waals surface area contributed by atoms with Gasteiger partial charge in [0.15, 0.2) is 0 Å². The average Bonchev–Trinajstić information content (AvgIpc) is 2.94. The monoisotopic (exact) mass is 370 g/mol. The lowest BCUT2D eigenvalue weighted by Crippen LogP contribution is -2.24. The third-order valence-corrected chi connectivity index (χ3v) is 5.03. The van der Waals surface area contributed by atoms with Gasteiger partial charge in [0.05, 0.1) is 17.1 Å². The standard InChI is InChI=1S/C20H19ClN2OS/c1-13-6-8-16(9-7-13)20-18(25-14(2)23-20)11-19(24)22-12-15-4-3-5-17(21)10-15/h3-10H,11-12H2,1-2H3,(H,22,24). The van der Waals surface area contributed by atoms with Crippen molar-refractivity contribution in [3.05, 3.63) is 74.6 Å². The summed E-state index contributed by atoms with van der Waals surface area (Å²) in [6, 6.07) is 15.7. The van der Waals surface area contributed by atoms with Gasteiger partial charge < -0.3 is 5.32 Å². The Hall–Kier alpha value is -2.17. The van der Waals surface area contributed by atoms with E-state index in [-0.39, 0.29) is 5.91 Å². The van der Waals surface area contributed by atoms with Gasteiger partial charge in [0.1, 0.15) is 0 Å². The largest absolute Gasteiger partial charge is 0.352 e. The van der Waals surface area contributed by atoms with E-state index in [4.69, 9.17) is 11.6 Å². The highest BCUT2D eigenvalue weighted by atomic mass is 35.5. The highest BCUT2D eigenvalue weighted by Crippen LogP contribution is 2.28. The fourth-order valence-corrected chi connectivity index (χ4v) is 3.75. The molecule has 0 saturated heterocycles. The van der Waals surface area contributed by atoms with Crippen molar-refractivity contribution < 1.29 is 4.79 Å². The number of hydrogen-bond donors (Lipinski definition) is 1. The summed E-state index contributed by atoms with van der Waals surface area (Å²) in [6.07, 6.45) is 0.329. The van der Waals surface area contributed by atoms with Crippen LogP contribution in [0.5, 0.6) is 0 Å². The molecule has 2 aromatic carbocycles. The van der Waals surface area contributed by atoms with Crippen LogP contribution < -0.4 is 5.32 Å². The number of rotatable bonds is 5. The molecule has 0 aliphatic heterocycles. The van der Waals surface area contributed by atoms with Gasteiger partial charge in [-0.15, -0.1) is 11.3 Å². The van der Waals surface area contributed by atoms with Gasteiger partial charge in [-0.3, -0.25) is 4.79 Å². The van der Waals surface area contributed by atoms with Crippen LogP contribution in [0, 0.1) is 13.8 Å². The van der Waals surface area contributed by atoms with Crippen LogP contribution in [-0.4, -0.2) is 10.9 Å². The molecule has 3 aromatic rings. The summed E-state index contributed by atoms with van der Waals surface area (Å²) in [4.78, 5) is 18.0. The molecule has 1 N–H and O–H groups in total. The molecule has 1 amide bonds. The number of nitrogens with one attached hydrogen (secondary N) is 1. The highest BCUT2D eigenvalue weighted by molar-refractivity contribution is 7.12. The Bertz CT molecular complexity index is 887. The number of carbonyl (C=O) groups excluding carboxylic acids is 1. The zero-order chi connectivity index (χ0) is 17.8. The molecule has 128 valence electrons. The Labute approximate surface area is 156 Å². The van der Waals surface area contributed by atoms with Crippen LogP contribution >= 0.6 is 22.9 Å². The lowest BCUT2D eigenvalue weighted by Gasteiger charge is -2.06. The second-order valence-electron chi connectivity index (χ2n) is 5.95. The number of halogens is 1. The summed E-state index contributed by atoms with van der Waals surface area (Å²) in [5.41, 5.74) is 4.14. The maximum Gasteiger partial charge on any atom is 0.225 e. The second-order valence-corrected chi connectivity index (χ2v) is 7.68. The van der Waals surface area contributed by atoms with Crippen LogP contribution in [0.4, 0.5) is 0 Å². The van der Waals surface area contributed by atoms with Crippen molar-refractivity contribution in [2.24, 2.45) is 0 Å². The third kappa shape index (κ3) is 4.68. The summed E-state index contributed by atoms with van der Waals surface area (Å²) < 4.78 is 0. The van der Waals surface area contributed by atoms with Crippen LogP contribution in [0.2, 0.25) is 5.02 Å². The number of hydrogen-bond acceptors (Lipinski definition) is 3. The molecule has 0 fully saturated rings. The molecule has 3 nitrogen and oxygen atoms in total. The molecule has 0 saturated carbocycles. The molecule has 0 aliphatic carbocycles. The van der Waals surface area contributed by atoms with Crippen molar-refractivity contribution in [3.8, 4) is 11.3 Å². The second kappa shape index (κ2) is 7.81. The molecular weight excluding hydrogens is 352 g/mol. The van der Waals surface area contributed by atoms with Crippen molar-refractivity contribution >= 4 is 28.8 Å². The number of benzene rings is 2. The molecule has 0 radical (unpaired) electrons. The maximum absolute atomic E-state index is 12.4. The van der Waals surface area contributed by atoms with E-state index in [1.807, 2.05) is 31.2 Å². The Morgan fingerprint density at radius 1 is 1.16 bits per heavy atom. The van der Waals surface area contributed by atoms with Gasteiger partial charge in [-0.05, 0) is 31.5 Å². The first kappa shape index (κ1) is 17.6. The Morgan fingerprint density at radius 2 is 1.92 bits per heavy atom. The molecule has 3 rings (SSSR count). The van der Waals surface area contributed by atoms with Crippen molar-refractivity contribution in [1.82, 2.24) is 10.3 Å². The van der Waals surface area contributed by atoms with Gasteiger partial charge >= 0.3 is 0 Å². The predicted octanol–water partition coefficient (Wildman–Crippen LogP) is 4.94. The fraction of sp³-hybridized carbons (Fsp3) is 0.200. The maximum atomic E-state index is 12.4. The summed E-state index contributed by atoms with van der Waals surface area (Å²) in [5, 5.41) is 4.59. The van der Waals surface area contributed by atoms with E-state index in [0.717, 1.165) is 26.7 Å². The number of aryl methyl sites for hydroxylation is 2. The molecular formula is C20H19ClN2OS. The quantitative estimate of drug-likeness (QED) is 0.691. The SMILES string of the molecule is Cc1ccc(-c2nc(C)sc2CC(=O)NCc2cccc(Cl)c2)cc1. The van der Waals surface area contributed by atoms with Crippen LogP contribution in [0.25, 0.3) is 11.3 Å². The molecule has 0 aliphatic rings. The average molecular weight is 371 g/mol. The van der Waals surface area contributed by atoms with E-state index in [1.54, 1.807) is 11.3 Å². The zero-order valence-corrected chi connectivity index (χ0v) is 15.7. The van der Waals surface area contributed by atoms with Gasteiger partial charge in [-0.2, -0.15) is 0 Å². The first-order chi connectivity index (χ1) is 12.0. The molecule has 0 unspecified atom stereocenters. The minimum Gasteiger partial charge on any atom is -0.352 e. The van der Waals surface area contributed by atoms with Gasteiger partial charge in [0.2, 0.25) is 5.91 Å². The van der Waals surface area contributed by atoms with Gasteiger partial charge in [0, 0.05) is 22.0 Å². The topological polar surface area (TPSA) is 42.0 Å². The van der Waals surface area contributed by atoms with Crippen LogP contribution in [0.3, 0.4) is 0 Å². The van der Waals surface area contributed by atoms with Gasteiger partial charge in [0.25, 0.3) is 0 Å². The fourth-order valence-electron chi connectivity index (χ4n) is 2.58. The first-order valence-electron chi connectivity index (χ1n) is 8.06. The summed E-state index contributed by atoms with van der Waals surface area (Å²) >= 11 is 7.55. The summed E-state index contributed by atoms with van der Waals surface area (Å²) in [6.45, 7) is 4.49. The lowest BCUT2D eigenvalue weighted by molar-refractivity contribution is -0.120. The molecule has 1 aromatic heterocycles. The first-order valence-corrected chi connectivity index (χ1v) is 9.25. The summed E-state index contributed by atoms with van der Waals surface area (Å²) in [7, 11) is 0. The van der Waals surface area contributed by atoms with Gasteiger partial charge in [-0.25, -0.2) is 4.98 Å². The van der Waals surface area contributed by atoms with Crippen molar-refractivity contribution in [3.63, 3.8) is 0 Å². The summed E-state index contributed by atoms with van der Waals surface area (Å²) in [5.74, 6) is -0.0167. The Kier molecular flexibility index (Phi) is 5.51. The molecule has 0 atom stereocenters. The van der Waals surface area contributed by atoms with E-state index < -0.39 is 0 Å². The van der Waals surface area contributed by atoms with E-state index in [2.05, 4.69) is 41.5 Å². The minimum atomic E-state index is -0.0167.